The second kappa shape index (κ2) is 4.92. The summed E-state index contributed by atoms with van der Waals surface area (Å²) in [6.45, 7) is 4.26. The second-order valence-corrected chi connectivity index (χ2v) is 6.60. The van der Waals surface area contributed by atoms with E-state index in [9.17, 15) is 5.11 Å². The summed E-state index contributed by atoms with van der Waals surface area (Å²) < 4.78 is 0. The Hall–Kier alpha value is -0.860. The van der Waals surface area contributed by atoms with Crippen LogP contribution >= 0.6 is 0 Å². The van der Waals surface area contributed by atoms with Gasteiger partial charge in [0.2, 0.25) is 0 Å². The Labute approximate surface area is 116 Å². The van der Waals surface area contributed by atoms with Gasteiger partial charge in [0, 0.05) is 12.1 Å². The molecule has 0 spiro atoms. The molecule has 1 aromatic rings. The lowest BCUT2D eigenvalue weighted by Gasteiger charge is -2.39. The highest BCUT2D eigenvalue weighted by molar-refractivity contribution is 5.26. The van der Waals surface area contributed by atoms with Crippen LogP contribution in [-0.4, -0.2) is 17.2 Å². The number of aliphatic hydroxyl groups is 1. The third-order valence-electron chi connectivity index (χ3n) is 5.26. The molecule has 1 aromatic carbocycles. The molecule has 1 saturated carbocycles. The summed E-state index contributed by atoms with van der Waals surface area (Å²) in [6, 6.07) is 11.0. The smallest absolute Gasteiger partial charge is 0.107 e. The van der Waals surface area contributed by atoms with E-state index in [4.69, 9.17) is 0 Å². The number of hydrogen-bond donors (Lipinski definition) is 2. The monoisotopic (exact) mass is 259 g/mol. The van der Waals surface area contributed by atoms with Crippen molar-refractivity contribution in [3.63, 3.8) is 0 Å². The summed E-state index contributed by atoms with van der Waals surface area (Å²) >= 11 is 0. The fourth-order valence-corrected chi connectivity index (χ4v) is 4.12. The third kappa shape index (κ3) is 2.11. The van der Waals surface area contributed by atoms with Gasteiger partial charge in [-0.1, -0.05) is 50.6 Å². The van der Waals surface area contributed by atoms with Crippen molar-refractivity contribution in [3.05, 3.63) is 35.9 Å². The summed E-state index contributed by atoms with van der Waals surface area (Å²) in [4.78, 5) is 0. The molecular formula is C17H25NO. The first-order valence-electron chi connectivity index (χ1n) is 7.66. The maximum absolute atomic E-state index is 11.4. The van der Waals surface area contributed by atoms with Crippen molar-refractivity contribution in [1.29, 1.82) is 0 Å². The number of benzene rings is 1. The number of fused-ring (bicyclic) bond motifs is 1. The van der Waals surface area contributed by atoms with E-state index < -0.39 is 5.60 Å². The quantitative estimate of drug-likeness (QED) is 0.874. The SMILES string of the molecule is CC(C)[C@@](O)(c1ccccc1)[C@@H]1C[C@H]2CCC[C@H]2N1. The van der Waals surface area contributed by atoms with Crippen LogP contribution in [0.5, 0.6) is 0 Å². The molecule has 0 bridgehead atoms. The van der Waals surface area contributed by atoms with Crippen LogP contribution < -0.4 is 5.32 Å². The average molecular weight is 259 g/mol. The minimum absolute atomic E-state index is 0.199. The molecule has 2 heteroatoms. The Kier molecular flexibility index (Phi) is 3.40. The van der Waals surface area contributed by atoms with Gasteiger partial charge in [-0.05, 0) is 36.7 Å². The standard InChI is InChI=1S/C17H25NO/c1-12(2)17(19,14-8-4-3-5-9-14)16-11-13-7-6-10-15(13)18-16/h3-5,8-9,12-13,15-16,18-19H,6-7,10-11H2,1-2H3/t13-,15-,16+,17-/m1/s1. The molecule has 0 unspecified atom stereocenters. The second-order valence-electron chi connectivity index (χ2n) is 6.60. The molecule has 1 aliphatic heterocycles. The zero-order valence-electron chi connectivity index (χ0n) is 12.0. The Morgan fingerprint density at radius 3 is 2.58 bits per heavy atom. The van der Waals surface area contributed by atoms with Crippen LogP contribution in [0.3, 0.4) is 0 Å². The van der Waals surface area contributed by atoms with Crippen LogP contribution in [0.1, 0.15) is 45.1 Å². The molecule has 2 nitrogen and oxygen atoms in total. The van der Waals surface area contributed by atoms with Gasteiger partial charge < -0.3 is 10.4 Å². The minimum atomic E-state index is -0.744. The molecule has 0 amide bonds. The zero-order valence-corrected chi connectivity index (χ0v) is 12.0. The summed E-state index contributed by atoms with van der Waals surface area (Å²) in [5.74, 6) is 0.991. The van der Waals surface area contributed by atoms with E-state index in [2.05, 4.69) is 31.3 Å². The van der Waals surface area contributed by atoms with Gasteiger partial charge in [0.25, 0.3) is 0 Å². The number of rotatable bonds is 3. The summed E-state index contributed by atoms with van der Waals surface area (Å²) in [6.07, 6.45) is 5.08. The lowest BCUT2D eigenvalue weighted by Crippen LogP contribution is -2.50. The van der Waals surface area contributed by atoms with Gasteiger partial charge in [-0.25, -0.2) is 0 Å². The first-order valence-corrected chi connectivity index (χ1v) is 7.66. The fourth-order valence-electron chi connectivity index (χ4n) is 4.12. The summed E-state index contributed by atoms with van der Waals surface area (Å²) in [5.41, 5.74) is 0.313. The molecule has 1 aliphatic carbocycles. The molecular weight excluding hydrogens is 234 g/mol. The van der Waals surface area contributed by atoms with Crippen molar-refractivity contribution in [2.75, 3.05) is 0 Å². The van der Waals surface area contributed by atoms with Crippen LogP contribution in [0.2, 0.25) is 0 Å². The lowest BCUT2D eigenvalue weighted by atomic mass is 9.76. The predicted octanol–water partition coefficient (Wildman–Crippen LogP) is 3.06. The fraction of sp³-hybridized carbons (Fsp3) is 0.647. The largest absolute Gasteiger partial charge is 0.383 e. The highest BCUT2D eigenvalue weighted by Gasteiger charge is 2.48. The molecule has 0 radical (unpaired) electrons. The topological polar surface area (TPSA) is 32.3 Å². The van der Waals surface area contributed by atoms with E-state index in [1.54, 1.807) is 0 Å². The number of nitrogens with one attached hydrogen (secondary N) is 1. The van der Waals surface area contributed by atoms with Gasteiger partial charge in [-0.2, -0.15) is 0 Å². The zero-order chi connectivity index (χ0) is 13.5. The van der Waals surface area contributed by atoms with Crippen LogP contribution in [0.15, 0.2) is 30.3 Å². The van der Waals surface area contributed by atoms with Gasteiger partial charge in [0.15, 0.2) is 0 Å². The molecule has 19 heavy (non-hydrogen) atoms. The summed E-state index contributed by atoms with van der Waals surface area (Å²) in [5, 5.41) is 15.1. The molecule has 2 aliphatic rings. The molecule has 2 N–H and O–H groups in total. The highest BCUT2D eigenvalue weighted by Crippen LogP contribution is 2.43. The van der Waals surface area contributed by atoms with Crippen molar-refractivity contribution >= 4 is 0 Å². The minimum Gasteiger partial charge on any atom is -0.383 e. The van der Waals surface area contributed by atoms with Gasteiger partial charge in [0.05, 0.1) is 0 Å². The van der Waals surface area contributed by atoms with Crippen molar-refractivity contribution < 1.29 is 5.11 Å². The Morgan fingerprint density at radius 2 is 1.95 bits per heavy atom. The predicted molar refractivity (Wildman–Crippen MR) is 77.8 cm³/mol. The van der Waals surface area contributed by atoms with Crippen LogP contribution in [0.4, 0.5) is 0 Å². The van der Waals surface area contributed by atoms with Crippen molar-refractivity contribution in [1.82, 2.24) is 5.32 Å². The Bertz CT molecular complexity index is 418. The third-order valence-corrected chi connectivity index (χ3v) is 5.26. The first-order chi connectivity index (χ1) is 9.12. The maximum Gasteiger partial charge on any atom is 0.107 e. The van der Waals surface area contributed by atoms with Gasteiger partial charge in [-0.3, -0.25) is 0 Å². The Morgan fingerprint density at radius 1 is 1.21 bits per heavy atom. The highest BCUT2D eigenvalue weighted by atomic mass is 16.3. The normalized spacial score (nSPS) is 33.4. The molecule has 104 valence electrons. The van der Waals surface area contributed by atoms with E-state index in [1.807, 2.05) is 18.2 Å². The molecule has 0 aromatic heterocycles. The van der Waals surface area contributed by atoms with Crippen molar-refractivity contribution in [2.24, 2.45) is 11.8 Å². The van der Waals surface area contributed by atoms with Crippen LogP contribution in [-0.2, 0) is 5.60 Å². The first kappa shape index (κ1) is 13.1. The van der Waals surface area contributed by atoms with Crippen LogP contribution in [0, 0.1) is 11.8 Å². The molecule has 3 rings (SSSR count). The molecule has 1 saturated heterocycles. The van der Waals surface area contributed by atoms with E-state index in [0.717, 1.165) is 17.9 Å². The number of hydrogen-bond acceptors (Lipinski definition) is 2. The van der Waals surface area contributed by atoms with Gasteiger partial charge in [-0.15, -0.1) is 0 Å². The van der Waals surface area contributed by atoms with E-state index in [0.29, 0.717) is 6.04 Å². The molecule has 2 fully saturated rings. The lowest BCUT2D eigenvalue weighted by molar-refractivity contribution is -0.0428. The van der Waals surface area contributed by atoms with E-state index in [-0.39, 0.29) is 12.0 Å². The van der Waals surface area contributed by atoms with Crippen molar-refractivity contribution in [3.8, 4) is 0 Å². The van der Waals surface area contributed by atoms with Gasteiger partial charge >= 0.3 is 0 Å². The molecule has 4 atom stereocenters. The van der Waals surface area contributed by atoms with E-state index in [1.165, 1.54) is 19.3 Å². The maximum atomic E-state index is 11.4. The van der Waals surface area contributed by atoms with Gasteiger partial charge in [0.1, 0.15) is 5.60 Å². The van der Waals surface area contributed by atoms with E-state index >= 15 is 0 Å². The molecule has 1 heterocycles. The summed E-state index contributed by atoms with van der Waals surface area (Å²) in [7, 11) is 0. The van der Waals surface area contributed by atoms with Crippen LogP contribution in [0.25, 0.3) is 0 Å². The Balaban J connectivity index is 1.89. The van der Waals surface area contributed by atoms with Crippen molar-refractivity contribution in [2.45, 2.75) is 57.2 Å². The average Bonchev–Trinajstić information content (AvgIpc) is 2.99.